The standard InChI is InChI=1S/C17H30N4/c1-12-7-6-8-13(9-12)11-19-15-10-14(18-5)20-16(21-15)17(2,3)4/h10,12-13H,6-9,11H2,1-5H3,(H2,18,19,20,21). The number of nitrogens with zero attached hydrogens (tertiary/aromatic N) is 2. The highest BCUT2D eigenvalue weighted by atomic mass is 15.1. The van der Waals surface area contributed by atoms with E-state index in [0.717, 1.165) is 35.8 Å². The van der Waals surface area contributed by atoms with Gasteiger partial charge in [-0.2, -0.15) is 0 Å². The number of hydrogen-bond acceptors (Lipinski definition) is 4. The molecular formula is C17H30N4. The molecule has 118 valence electrons. The van der Waals surface area contributed by atoms with Crippen LogP contribution in [0.5, 0.6) is 0 Å². The topological polar surface area (TPSA) is 49.8 Å². The molecule has 0 amide bonds. The molecule has 0 radical (unpaired) electrons. The van der Waals surface area contributed by atoms with Crippen LogP contribution < -0.4 is 10.6 Å². The molecule has 1 fully saturated rings. The highest BCUT2D eigenvalue weighted by Crippen LogP contribution is 2.29. The average Bonchev–Trinajstić information content (AvgIpc) is 2.44. The largest absolute Gasteiger partial charge is 0.373 e. The molecule has 0 bridgehead atoms. The maximum absolute atomic E-state index is 4.69. The zero-order valence-corrected chi connectivity index (χ0v) is 14.2. The normalized spacial score (nSPS) is 22.9. The fourth-order valence-corrected chi connectivity index (χ4v) is 3.00. The maximum atomic E-state index is 4.69. The summed E-state index contributed by atoms with van der Waals surface area (Å²) in [6.07, 6.45) is 5.44. The van der Waals surface area contributed by atoms with Crippen molar-refractivity contribution in [1.29, 1.82) is 0 Å². The second-order valence-corrected chi connectivity index (χ2v) is 7.48. The zero-order valence-electron chi connectivity index (χ0n) is 14.2. The maximum Gasteiger partial charge on any atom is 0.138 e. The van der Waals surface area contributed by atoms with Crippen LogP contribution in [0.1, 0.15) is 59.2 Å². The molecular weight excluding hydrogens is 260 g/mol. The summed E-state index contributed by atoms with van der Waals surface area (Å²) in [6, 6.07) is 2.00. The molecule has 21 heavy (non-hydrogen) atoms. The predicted octanol–water partition coefficient (Wildman–Crippen LogP) is 4.05. The van der Waals surface area contributed by atoms with Crippen LogP contribution in [0.4, 0.5) is 11.6 Å². The van der Waals surface area contributed by atoms with Crippen molar-refractivity contribution < 1.29 is 0 Å². The van der Waals surface area contributed by atoms with Crippen molar-refractivity contribution >= 4 is 11.6 Å². The van der Waals surface area contributed by atoms with E-state index in [2.05, 4.69) is 43.3 Å². The predicted molar refractivity (Wildman–Crippen MR) is 89.9 cm³/mol. The molecule has 2 atom stereocenters. The van der Waals surface area contributed by atoms with Crippen LogP contribution in [0, 0.1) is 11.8 Å². The SMILES string of the molecule is CNc1cc(NCC2CCCC(C)C2)nc(C(C)(C)C)n1. The van der Waals surface area contributed by atoms with Gasteiger partial charge in [-0.3, -0.25) is 0 Å². The van der Waals surface area contributed by atoms with E-state index >= 15 is 0 Å². The van der Waals surface area contributed by atoms with Gasteiger partial charge in [0.2, 0.25) is 0 Å². The summed E-state index contributed by atoms with van der Waals surface area (Å²) in [4.78, 5) is 9.26. The van der Waals surface area contributed by atoms with Crippen LogP contribution in [-0.4, -0.2) is 23.6 Å². The smallest absolute Gasteiger partial charge is 0.138 e. The van der Waals surface area contributed by atoms with Crippen molar-refractivity contribution in [3.8, 4) is 0 Å². The molecule has 1 aromatic heterocycles. The first-order chi connectivity index (χ1) is 9.88. The minimum atomic E-state index is -0.0390. The highest BCUT2D eigenvalue weighted by molar-refractivity contribution is 5.47. The number of rotatable bonds is 4. The van der Waals surface area contributed by atoms with Gasteiger partial charge in [0.1, 0.15) is 17.5 Å². The van der Waals surface area contributed by atoms with Crippen LogP contribution in [0.25, 0.3) is 0 Å². The number of aromatic nitrogens is 2. The highest BCUT2D eigenvalue weighted by Gasteiger charge is 2.21. The Labute approximate surface area is 129 Å². The van der Waals surface area contributed by atoms with Gasteiger partial charge in [0.15, 0.2) is 0 Å². The van der Waals surface area contributed by atoms with E-state index < -0.39 is 0 Å². The average molecular weight is 290 g/mol. The fourth-order valence-electron chi connectivity index (χ4n) is 3.00. The van der Waals surface area contributed by atoms with E-state index in [4.69, 9.17) is 4.98 Å². The third kappa shape index (κ3) is 4.58. The lowest BCUT2D eigenvalue weighted by atomic mass is 9.82. The summed E-state index contributed by atoms with van der Waals surface area (Å²) in [5, 5.41) is 6.66. The van der Waals surface area contributed by atoms with Crippen molar-refractivity contribution in [1.82, 2.24) is 9.97 Å². The summed E-state index contributed by atoms with van der Waals surface area (Å²) in [5.74, 6) is 4.36. The van der Waals surface area contributed by atoms with E-state index in [0.29, 0.717) is 0 Å². The monoisotopic (exact) mass is 290 g/mol. The molecule has 2 rings (SSSR count). The van der Waals surface area contributed by atoms with Crippen molar-refractivity contribution in [2.75, 3.05) is 24.2 Å². The molecule has 4 nitrogen and oxygen atoms in total. The summed E-state index contributed by atoms with van der Waals surface area (Å²) in [5.41, 5.74) is -0.0390. The quantitative estimate of drug-likeness (QED) is 0.878. The lowest BCUT2D eigenvalue weighted by Crippen LogP contribution is -2.23. The Balaban J connectivity index is 2.05. The van der Waals surface area contributed by atoms with Gasteiger partial charge >= 0.3 is 0 Å². The van der Waals surface area contributed by atoms with Gasteiger partial charge in [0, 0.05) is 25.1 Å². The van der Waals surface area contributed by atoms with E-state index in [9.17, 15) is 0 Å². The molecule has 1 aliphatic rings. The zero-order chi connectivity index (χ0) is 15.5. The Hall–Kier alpha value is -1.32. The first-order valence-electron chi connectivity index (χ1n) is 8.19. The lowest BCUT2D eigenvalue weighted by molar-refractivity contribution is 0.293. The summed E-state index contributed by atoms with van der Waals surface area (Å²) >= 11 is 0. The van der Waals surface area contributed by atoms with Crippen LogP contribution in [0.2, 0.25) is 0 Å². The Morgan fingerprint density at radius 2 is 1.90 bits per heavy atom. The number of hydrogen-bond donors (Lipinski definition) is 2. The molecule has 1 saturated carbocycles. The molecule has 0 spiro atoms. The Morgan fingerprint density at radius 3 is 2.52 bits per heavy atom. The van der Waals surface area contributed by atoms with E-state index in [-0.39, 0.29) is 5.41 Å². The molecule has 1 aromatic rings. The van der Waals surface area contributed by atoms with Gasteiger partial charge in [-0.25, -0.2) is 9.97 Å². The van der Waals surface area contributed by atoms with Gasteiger partial charge in [0.25, 0.3) is 0 Å². The van der Waals surface area contributed by atoms with Gasteiger partial charge in [-0.1, -0.05) is 40.5 Å². The Kier molecular flexibility index (Phi) is 5.07. The Bertz CT molecular complexity index is 464. The summed E-state index contributed by atoms with van der Waals surface area (Å²) in [7, 11) is 1.90. The van der Waals surface area contributed by atoms with Crippen molar-refractivity contribution in [2.24, 2.45) is 11.8 Å². The second-order valence-electron chi connectivity index (χ2n) is 7.48. The molecule has 0 aromatic carbocycles. The van der Waals surface area contributed by atoms with E-state index in [1.165, 1.54) is 25.7 Å². The second kappa shape index (κ2) is 6.63. The van der Waals surface area contributed by atoms with Crippen molar-refractivity contribution in [2.45, 2.75) is 58.8 Å². The molecule has 0 aliphatic heterocycles. The fraction of sp³-hybridized carbons (Fsp3) is 0.765. The number of anilines is 2. The van der Waals surface area contributed by atoms with Crippen LogP contribution in [-0.2, 0) is 5.41 Å². The van der Waals surface area contributed by atoms with Gasteiger partial charge in [0.05, 0.1) is 0 Å². The van der Waals surface area contributed by atoms with Crippen molar-refractivity contribution in [3.05, 3.63) is 11.9 Å². The van der Waals surface area contributed by atoms with E-state index in [1.807, 2.05) is 13.1 Å². The lowest BCUT2D eigenvalue weighted by Gasteiger charge is -2.27. The first-order valence-corrected chi connectivity index (χ1v) is 8.19. The van der Waals surface area contributed by atoms with Crippen LogP contribution in [0.3, 0.4) is 0 Å². The molecule has 0 saturated heterocycles. The third-order valence-electron chi connectivity index (χ3n) is 4.27. The van der Waals surface area contributed by atoms with Crippen molar-refractivity contribution in [3.63, 3.8) is 0 Å². The van der Waals surface area contributed by atoms with Gasteiger partial charge < -0.3 is 10.6 Å². The minimum Gasteiger partial charge on any atom is -0.373 e. The summed E-state index contributed by atoms with van der Waals surface area (Å²) in [6.45, 7) is 9.83. The Morgan fingerprint density at radius 1 is 1.19 bits per heavy atom. The molecule has 2 N–H and O–H groups in total. The van der Waals surface area contributed by atoms with Crippen LogP contribution >= 0.6 is 0 Å². The molecule has 2 unspecified atom stereocenters. The minimum absolute atomic E-state index is 0.0390. The van der Waals surface area contributed by atoms with Gasteiger partial charge in [-0.15, -0.1) is 0 Å². The summed E-state index contributed by atoms with van der Waals surface area (Å²) < 4.78 is 0. The first kappa shape index (κ1) is 16.1. The third-order valence-corrected chi connectivity index (χ3v) is 4.27. The van der Waals surface area contributed by atoms with E-state index in [1.54, 1.807) is 0 Å². The van der Waals surface area contributed by atoms with Crippen LogP contribution in [0.15, 0.2) is 6.07 Å². The molecule has 4 heteroatoms. The number of nitrogens with one attached hydrogen (secondary N) is 2. The van der Waals surface area contributed by atoms with Gasteiger partial charge in [-0.05, 0) is 24.7 Å². The molecule has 1 heterocycles. The molecule has 1 aliphatic carbocycles.